The van der Waals surface area contributed by atoms with Gasteiger partial charge < -0.3 is 14.7 Å². The third kappa shape index (κ3) is 4.17. The number of carbonyl (C=O) groups excluding carboxylic acids is 1. The smallest absolute Gasteiger partial charge is 0.248 e. The van der Waals surface area contributed by atoms with Crippen molar-refractivity contribution >= 4 is 5.91 Å². The lowest BCUT2D eigenvalue weighted by Crippen LogP contribution is -2.34. The third-order valence-corrected chi connectivity index (χ3v) is 7.16. The van der Waals surface area contributed by atoms with Gasteiger partial charge in [0, 0.05) is 42.0 Å². The zero-order valence-electron chi connectivity index (χ0n) is 20.1. The summed E-state index contributed by atoms with van der Waals surface area (Å²) in [6.45, 7) is 4.88. The Balaban J connectivity index is 1.42. The molecular formula is C29H29N3O3. The Hall–Kier alpha value is -3.69. The van der Waals surface area contributed by atoms with Crippen molar-refractivity contribution in [1.82, 2.24) is 14.9 Å². The van der Waals surface area contributed by atoms with Crippen LogP contribution in [0.15, 0.2) is 48.8 Å². The fraction of sp³-hybridized carbons (Fsp3) is 0.345. The van der Waals surface area contributed by atoms with Gasteiger partial charge in [-0.3, -0.25) is 4.79 Å². The van der Waals surface area contributed by atoms with Crippen LogP contribution in [0.25, 0.3) is 22.5 Å². The van der Waals surface area contributed by atoms with Gasteiger partial charge in [0.15, 0.2) is 5.82 Å². The number of amides is 1. The lowest BCUT2D eigenvalue weighted by Gasteiger charge is -2.25. The van der Waals surface area contributed by atoms with Crippen molar-refractivity contribution in [2.24, 2.45) is 0 Å². The van der Waals surface area contributed by atoms with Crippen molar-refractivity contribution in [3.8, 4) is 40.6 Å². The predicted molar refractivity (Wildman–Crippen MR) is 135 cm³/mol. The molecular weight excluding hydrogens is 438 g/mol. The first-order valence-corrected chi connectivity index (χ1v) is 12.1. The van der Waals surface area contributed by atoms with E-state index in [0.29, 0.717) is 30.2 Å². The number of hydrogen-bond acceptors (Lipinski definition) is 5. The van der Waals surface area contributed by atoms with E-state index in [0.717, 1.165) is 36.0 Å². The summed E-state index contributed by atoms with van der Waals surface area (Å²) >= 11 is 0. The summed E-state index contributed by atoms with van der Waals surface area (Å²) in [4.78, 5) is 23.1. The van der Waals surface area contributed by atoms with Gasteiger partial charge in [-0.1, -0.05) is 24.1 Å². The molecule has 1 N–H and O–H groups in total. The number of carbonyl (C=O) groups is 1. The molecule has 1 fully saturated rings. The summed E-state index contributed by atoms with van der Waals surface area (Å²) in [6.07, 6.45) is 12.4. The SMILES string of the molecule is C#Cc1cc(-c2ncc(-c3cccc4c3CCC43CCN(C(=O)CO)C3)cn2)ccc1OC(C)C. The van der Waals surface area contributed by atoms with Gasteiger partial charge in [0.1, 0.15) is 12.4 Å². The van der Waals surface area contributed by atoms with Crippen LogP contribution in [0.4, 0.5) is 0 Å². The van der Waals surface area contributed by atoms with Crippen LogP contribution in [0.5, 0.6) is 5.75 Å². The second-order valence-electron chi connectivity index (χ2n) is 9.65. The Kier molecular flexibility index (Phi) is 6.04. The highest BCUT2D eigenvalue weighted by Crippen LogP contribution is 2.48. The first kappa shape index (κ1) is 23.1. The zero-order valence-corrected chi connectivity index (χ0v) is 20.1. The van der Waals surface area contributed by atoms with Crippen molar-refractivity contribution in [1.29, 1.82) is 0 Å². The number of nitrogens with zero attached hydrogens (tertiary/aromatic N) is 3. The largest absolute Gasteiger partial charge is 0.490 e. The molecule has 35 heavy (non-hydrogen) atoms. The molecule has 1 spiro atoms. The predicted octanol–water partition coefficient (Wildman–Crippen LogP) is 3.99. The van der Waals surface area contributed by atoms with Gasteiger partial charge in [0.2, 0.25) is 5.91 Å². The highest BCUT2D eigenvalue weighted by atomic mass is 16.5. The molecule has 0 saturated carbocycles. The average Bonchev–Trinajstić information content (AvgIpc) is 3.48. The van der Waals surface area contributed by atoms with Crippen LogP contribution >= 0.6 is 0 Å². The quantitative estimate of drug-likeness (QED) is 0.575. The number of aromatic nitrogens is 2. The molecule has 178 valence electrons. The van der Waals surface area contributed by atoms with Crippen LogP contribution < -0.4 is 4.74 Å². The Morgan fingerprint density at radius 3 is 2.71 bits per heavy atom. The van der Waals surface area contributed by atoms with Gasteiger partial charge in [-0.05, 0) is 68.0 Å². The average molecular weight is 468 g/mol. The molecule has 2 aromatic carbocycles. The van der Waals surface area contributed by atoms with Crippen molar-refractivity contribution in [3.63, 3.8) is 0 Å². The number of aliphatic hydroxyl groups excluding tert-OH is 1. The lowest BCUT2D eigenvalue weighted by molar-refractivity contribution is -0.133. The molecule has 0 radical (unpaired) electrons. The number of terminal acetylenes is 1. The monoisotopic (exact) mass is 467 g/mol. The van der Waals surface area contributed by atoms with Crippen molar-refractivity contribution in [2.75, 3.05) is 19.7 Å². The van der Waals surface area contributed by atoms with Crippen molar-refractivity contribution in [3.05, 3.63) is 65.5 Å². The van der Waals surface area contributed by atoms with E-state index in [1.165, 1.54) is 11.1 Å². The van der Waals surface area contributed by atoms with E-state index in [4.69, 9.17) is 11.2 Å². The molecule has 2 aliphatic rings. The summed E-state index contributed by atoms with van der Waals surface area (Å²) < 4.78 is 5.80. The van der Waals surface area contributed by atoms with Gasteiger partial charge in [-0.2, -0.15) is 0 Å². The Labute approximate surface area is 206 Å². The molecule has 1 aromatic heterocycles. The second kappa shape index (κ2) is 9.16. The van der Waals surface area contributed by atoms with Crippen LogP contribution in [-0.2, 0) is 16.6 Å². The molecule has 1 saturated heterocycles. The number of hydrogen-bond donors (Lipinski definition) is 1. The van der Waals surface area contributed by atoms with Crippen LogP contribution in [0.1, 0.15) is 43.4 Å². The summed E-state index contributed by atoms with van der Waals surface area (Å²) in [6, 6.07) is 12.1. The maximum Gasteiger partial charge on any atom is 0.248 e. The van der Waals surface area contributed by atoms with E-state index in [2.05, 4.69) is 34.1 Å². The molecule has 0 bridgehead atoms. The second-order valence-corrected chi connectivity index (χ2v) is 9.65. The molecule has 1 atom stereocenters. The van der Waals surface area contributed by atoms with Gasteiger partial charge in [0.25, 0.3) is 0 Å². The van der Waals surface area contributed by atoms with E-state index in [1.807, 2.05) is 44.4 Å². The topological polar surface area (TPSA) is 75.6 Å². The summed E-state index contributed by atoms with van der Waals surface area (Å²) in [7, 11) is 0. The molecule has 3 aromatic rings. The molecule has 6 heteroatoms. The molecule has 2 heterocycles. The molecule has 1 amide bonds. The molecule has 5 rings (SSSR count). The highest BCUT2D eigenvalue weighted by Gasteiger charge is 2.45. The van der Waals surface area contributed by atoms with E-state index in [9.17, 15) is 9.90 Å². The lowest BCUT2D eigenvalue weighted by atomic mass is 9.80. The van der Waals surface area contributed by atoms with Gasteiger partial charge >= 0.3 is 0 Å². The van der Waals surface area contributed by atoms with E-state index < -0.39 is 6.61 Å². The number of likely N-dealkylation sites (tertiary alicyclic amines) is 1. The highest BCUT2D eigenvalue weighted by molar-refractivity contribution is 5.78. The minimum atomic E-state index is -0.428. The summed E-state index contributed by atoms with van der Waals surface area (Å²) in [5.74, 6) is 3.80. The standard InChI is InChI=1S/C29H29N3O3/c1-4-20-14-21(8-9-26(20)35-19(2)3)28-30-15-22(16-31-28)23-6-5-7-25-24(23)10-11-29(25)12-13-32(18-29)27(34)17-33/h1,5-9,14-16,19,33H,10-13,17-18H2,2-3H3. The fourth-order valence-electron chi connectivity index (χ4n) is 5.49. The van der Waals surface area contributed by atoms with Crippen molar-refractivity contribution in [2.45, 2.75) is 44.6 Å². The number of aliphatic hydroxyl groups is 1. The maximum absolute atomic E-state index is 12.1. The summed E-state index contributed by atoms with van der Waals surface area (Å²) in [5.41, 5.74) is 6.24. The molecule has 1 aliphatic heterocycles. The van der Waals surface area contributed by atoms with Crippen LogP contribution in [0.3, 0.4) is 0 Å². The number of benzene rings is 2. The van der Waals surface area contributed by atoms with Gasteiger partial charge in [-0.25, -0.2) is 9.97 Å². The first-order chi connectivity index (χ1) is 16.9. The number of rotatable bonds is 5. The van der Waals surface area contributed by atoms with Gasteiger partial charge in [0.05, 0.1) is 11.7 Å². The molecule has 6 nitrogen and oxygen atoms in total. The van der Waals surface area contributed by atoms with Crippen LogP contribution in [-0.4, -0.2) is 51.7 Å². The molecule has 1 aliphatic carbocycles. The Morgan fingerprint density at radius 2 is 2.00 bits per heavy atom. The van der Waals surface area contributed by atoms with Crippen LogP contribution in [0, 0.1) is 12.3 Å². The minimum absolute atomic E-state index is 0.0254. The molecule has 1 unspecified atom stereocenters. The van der Waals surface area contributed by atoms with Crippen molar-refractivity contribution < 1.29 is 14.6 Å². The van der Waals surface area contributed by atoms with E-state index in [1.54, 1.807) is 4.90 Å². The normalized spacial score (nSPS) is 18.7. The summed E-state index contributed by atoms with van der Waals surface area (Å²) in [5, 5.41) is 9.28. The maximum atomic E-state index is 12.1. The van der Waals surface area contributed by atoms with E-state index >= 15 is 0 Å². The minimum Gasteiger partial charge on any atom is -0.490 e. The fourth-order valence-corrected chi connectivity index (χ4v) is 5.49. The Morgan fingerprint density at radius 1 is 1.20 bits per heavy atom. The Bertz CT molecular complexity index is 1310. The van der Waals surface area contributed by atoms with E-state index in [-0.39, 0.29) is 17.4 Å². The van der Waals surface area contributed by atoms with Gasteiger partial charge in [-0.15, -0.1) is 6.42 Å². The third-order valence-electron chi connectivity index (χ3n) is 7.16. The number of fused-ring (bicyclic) bond motifs is 2. The number of ether oxygens (including phenoxy) is 1. The van der Waals surface area contributed by atoms with Crippen LogP contribution in [0.2, 0.25) is 0 Å². The zero-order chi connectivity index (χ0) is 24.6. The first-order valence-electron chi connectivity index (χ1n) is 12.1.